The third-order valence-electron chi connectivity index (χ3n) is 4.86. The molecule has 1 aromatic carbocycles. The van der Waals surface area contributed by atoms with Gasteiger partial charge in [0.05, 0.1) is 23.1 Å². The molecule has 7 heteroatoms. The lowest BCUT2D eigenvalue weighted by atomic mass is 9.95. The fraction of sp³-hybridized carbons (Fsp3) is 0.500. The van der Waals surface area contributed by atoms with Crippen LogP contribution in [0.2, 0.25) is 0 Å². The monoisotopic (exact) mass is 373 g/mol. The maximum atomic E-state index is 12.9. The molecule has 3 atom stereocenters. The lowest BCUT2D eigenvalue weighted by Crippen LogP contribution is -2.57. The number of hydrogen-bond acceptors (Lipinski definition) is 5. The van der Waals surface area contributed by atoms with Gasteiger partial charge >= 0.3 is 0 Å². The number of hydrogen-bond donors (Lipinski definition) is 1. The van der Waals surface area contributed by atoms with E-state index in [0.29, 0.717) is 6.42 Å². The molecule has 2 rings (SSSR count). The fourth-order valence-corrected chi connectivity index (χ4v) is 3.26. The summed E-state index contributed by atoms with van der Waals surface area (Å²) < 4.78 is 0. The molecule has 0 aromatic heterocycles. The number of nitrogens with one attached hydrogen (secondary N) is 1. The van der Waals surface area contributed by atoms with Crippen LogP contribution < -0.4 is 10.4 Å². The van der Waals surface area contributed by atoms with Gasteiger partial charge in [-0.1, -0.05) is 46.2 Å². The second kappa shape index (κ2) is 8.33. The Bertz CT molecular complexity index is 723. The number of carbonyl (C=O) groups excluding carboxylic acids is 4. The van der Waals surface area contributed by atoms with Crippen LogP contribution in [0.5, 0.6) is 0 Å². The summed E-state index contributed by atoms with van der Waals surface area (Å²) in [6.07, 6.45) is 0.731. The molecule has 0 saturated heterocycles. The Balaban J connectivity index is 2.33. The van der Waals surface area contributed by atoms with Crippen molar-refractivity contribution in [3.05, 3.63) is 35.4 Å². The van der Waals surface area contributed by atoms with Gasteiger partial charge in [0.1, 0.15) is 6.04 Å². The summed E-state index contributed by atoms with van der Waals surface area (Å²) in [4.78, 5) is 50.8. The van der Waals surface area contributed by atoms with Crippen LogP contribution in [0.4, 0.5) is 0 Å². The number of benzene rings is 1. The Kier molecular flexibility index (Phi) is 6.36. The van der Waals surface area contributed by atoms with Gasteiger partial charge in [0.2, 0.25) is 5.91 Å². The highest BCUT2D eigenvalue weighted by atomic mass is 16.4. The quantitative estimate of drug-likeness (QED) is 0.684. The number of carbonyl (C=O) groups is 4. The van der Waals surface area contributed by atoms with Crippen molar-refractivity contribution in [1.82, 2.24) is 10.2 Å². The number of carboxylic acid groups (broad SMARTS) is 1. The summed E-state index contributed by atoms with van der Waals surface area (Å²) in [5.41, 5.74) is 0.504. The maximum Gasteiger partial charge on any atom is 0.262 e. The summed E-state index contributed by atoms with van der Waals surface area (Å²) in [7, 11) is 0. The minimum Gasteiger partial charge on any atom is -0.548 e. The Morgan fingerprint density at radius 2 is 1.59 bits per heavy atom. The van der Waals surface area contributed by atoms with Gasteiger partial charge in [-0.2, -0.15) is 0 Å². The Hall–Kier alpha value is -2.70. The van der Waals surface area contributed by atoms with E-state index in [-0.39, 0.29) is 29.4 Å². The molecular weight excluding hydrogens is 348 g/mol. The molecule has 0 bridgehead atoms. The van der Waals surface area contributed by atoms with Crippen molar-refractivity contribution >= 4 is 23.7 Å². The van der Waals surface area contributed by atoms with Gasteiger partial charge in [0.15, 0.2) is 0 Å². The van der Waals surface area contributed by atoms with Crippen LogP contribution in [0.3, 0.4) is 0 Å². The largest absolute Gasteiger partial charge is 0.548 e. The first-order valence-electron chi connectivity index (χ1n) is 9.17. The summed E-state index contributed by atoms with van der Waals surface area (Å²) in [5.74, 6) is -3.44. The van der Waals surface area contributed by atoms with Crippen molar-refractivity contribution in [2.75, 3.05) is 0 Å². The topological polar surface area (TPSA) is 107 Å². The number of imide groups is 1. The highest BCUT2D eigenvalue weighted by Crippen LogP contribution is 2.28. The molecule has 0 fully saturated rings. The van der Waals surface area contributed by atoms with E-state index in [2.05, 4.69) is 5.32 Å². The minimum atomic E-state index is -1.39. The van der Waals surface area contributed by atoms with Gasteiger partial charge in [0, 0.05) is 0 Å². The van der Waals surface area contributed by atoms with Crippen LogP contribution in [-0.2, 0) is 9.59 Å². The molecule has 0 spiro atoms. The molecule has 7 nitrogen and oxygen atoms in total. The third kappa shape index (κ3) is 4.18. The van der Waals surface area contributed by atoms with Crippen molar-refractivity contribution in [3.63, 3.8) is 0 Å². The van der Waals surface area contributed by atoms with E-state index in [9.17, 15) is 24.3 Å². The van der Waals surface area contributed by atoms with Gasteiger partial charge in [0.25, 0.3) is 11.8 Å². The van der Waals surface area contributed by atoms with E-state index in [4.69, 9.17) is 0 Å². The van der Waals surface area contributed by atoms with Crippen molar-refractivity contribution in [3.8, 4) is 0 Å². The lowest BCUT2D eigenvalue weighted by molar-refractivity contribution is -0.308. The summed E-state index contributed by atoms with van der Waals surface area (Å²) in [6, 6.07) is 4.13. The third-order valence-corrected chi connectivity index (χ3v) is 4.86. The van der Waals surface area contributed by atoms with Gasteiger partial charge in [-0.05, 0) is 30.4 Å². The zero-order chi connectivity index (χ0) is 20.3. The average Bonchev–Trinajstić information content (AvgIpc) is 2.86. The minimum absolute atomic E-state index is 0.0227. The van der Waals surface area contributed by atoms with E-state index < -0.39 is 35.8 Å². The Labute approximate surface area is 158 Å². The number of aliphatic carboxylic acids is 1. The number of rotatable bonds is 8. The number of amides is 3. The van der Waals surface area contributed by atoms with Crippen LogP contribution in [0.15, 0.2) is 24.3 Å². The normalized spacial score (nSPS) is 16.9. The van der Waals surface area contributed by atoms with E-state index in [1.165, 1.54) is 0 Å². The summed E-state index contributed by atoms with van der Waals surface area (Å²) >= 11 is 0. The van der Waals surface area contributed by atoms with Gasteiger partial charge in [-0.3, -0.25) is 19.3 Å². The molecule has 1 aliphatic rings. The highest BCUT2D eigenvalue weighted by molar-refractivity contribution is 6.22. The van der Waals surface area contributed by atoms with E-state index in [1.807, 2.05) is 20.8 Å². The second-order valence-electron chi connectivity index (χ2n) is 7.37. The van der Waals surface area contributed by atoms with E-state index >= 15 is 0 Å². The molecule has 3 amide bonds. The van der Waals surface area contributed by atoms with Gasteiger partial charge in [-0.25, -0.2) is 0 Å². The second-order valence-corrected chi connectivity index (χ2v) is 7.37. The first-order valence-corrected chi connectivity index (χ1v) is 9.17. The van der Waals surface area contributed by atoms with E-state index in [1.54, 1.807) is 31.2 Å². The number of nitrogens with zero attached hydrogens (tertiary/aromatic N) is 1. The van der Waals surface area contributed by atoms with Crippen LogP contribution >= 0.6 is 0 Å². The molecule has 1 aliphatic heterocycles. The van der Waals surface area contributed by atoms with Crippen LogP contribution in [0, 0.1) is 11.8 Å². The molecule has 27 heavy (non-hydrogen) atoms. The van der Waals surface area contributed by atoms with Crippen molar-refractivity contribution < 1.29 is 24.3 Å². The number of carboxylic acids is 1. The zero-order valence-corrected chi connectivity index (χ0v) is 16.0. The average molecular weight is 373 g/mol. The molecule has 1 N–H and O–H groups in total. The fourth-order valence-electron chi connectivity index (χ4n) is 3.26. The van der Waals surface area contributed by atoms with Crippen LogP contribution in [0.1, 0.15) is 61.3 Å². The first kappa shape index (κ1) is 20.6. The van der Waals surface area contributed by atoms with Gasteiger partial charge < -0.3 is 15.2 Å². The van der Waals surface area contributed by atoms with Crippen molar-refractivity contribution in [2.45, 2.75) is 52.6 Å². The van der Waals surface area contributed by atoms with Crippen molar-refractivity contribution in [1.29, 1.82) is 0 Å². The van der Waals surface area contributed by atoms with Crippen LogP contribution in [-0.4, -0.2) is 40.7 Å². The predicted molar refractivity (Wildman–Crippen MR) is 96.6 cm³/mol. The molecule has 1 heterocycles. The molecule has 0 saturated carbocycles. The van der Waals surface area contributed by atoms with Crippen LogP contribution in [0.25, 0.3) is 0 Å². The molecule has 0 aliphatic carbocycles. The highest BCUT2D eigenvalue weighted by Gasteiger charge is 2.44. The number of fused-ring (bicyclic) bond motifs is 1. The first-order chi connectivity index (χ1) is 12.7. The van der Waals surface area contributed by atoms with E-state index in [0.717, 1.165) is 4.90 Å². The lowest BCUT2D eigenvalue weighted by Gasteiger charge is -2.32. The molecular formula is C20H25N2O5-. The maximum absolute atomic E-state index is 12.9. The summed E-state index contributed by atoms with van der Waals surface area (Å²) in [5, 5.41) is 13.8. The standard InChI is InChI=1S/C20H26N2O5/c1-5-12(4)16(17(23)21-15(20(26)27)10-11(2)3)22-18(24)13-8-6-7-9-14(13)19(22)25/h6-9,11-12,15-16H,5,10H2,1-4H3,(H,21,23)(H,26,27)/p-1/t12-,15+,16-/m1/s1. The predicted octanol–water partition coefficient (Wildman–Crippen LogP) is 0.978. The molecule has 0 unspecified atom stereocenters. The SMILES string of the molecule is CC[C@@H](C)[C@H](C(=O)N[C@@H](CC(C)C)C(=O)[O-])N1C(=O)c2ccccc2C1=O. The zero-order valence-electron chi connectivity index (χ0n) is 16.0. The molecule has 1 aromatic rings. The van der Waals surface area contributed by atoms with Gasteiger partial charge in [-0.15, -0.1) is 0 Å². The molecule has 146 valence electrons. The smallest absolute Gasteiger partial charge is 0.262 e. The summed E-state index contributed by atoms with van der Waals surface area (Å²) in [6.45, 7) is 7.26. The Morgan fingerprint density at radius 3 is 2.00 bits per heavy atom. The molecule has 0 radical (unpaired) electrons. The Morgan fingerprint density at radius 1 is 1.07 bits per heavy atom. The van der Waals surface area contributed by atoms with Crippen molar-refractivity contribution in [2.24, 2.45) is 11.8 Å².